The lowest BCUT2D eigenvalue weighted by Gasteiger charge is -2.06. The first kappa shape index (κ1) is 17.9. The van der Waals surface area contributed by atoms with E-state index in [9.17, 15) is 14.7 Å². The standard InChI is InChI=1S/C19H17NO5/c1-24-17-11-15(10-16(12-21)18(17)22)8-5-9-20-19(23)25-13-14-6-3-2-4-7-14/h2-4,6-7,10-12,22H,9,13H2,1H3,(H,20,23). The van der Waals surface area contributed by atoms with Gasteiger partial charge in [0.1, 0.15) is 6.61 Å². The van der Waals surface area contributed by atoms with Crippen molar-refractivity contribution in [3.63, 3.8) is 0 Å². The van der Waals surface area contributed by atoms with Crippen LogP contribution in [0, 0.1) is 11.8 Å². The number of methoxy groups -OCH3 is 1. The van der Waals surface area contributed by atoms with Crippen molar-refractivity contribution in [2.75, 3.05) is 13.7 Å². The Balaban J connectivity index is 1.88. The molecule has 0 bridgehead atoms. The van der Waals surface area contributed by atoms with Gasteiger partial charge in [-0.1, -0.05) is 42.2 Å². The fourth-order valence-electron chi connectivity index (χ4n) is 1.98. The van der Waals surface area contributed by atoms with E-state index in [1.807, 2.05) is 30.3 Å². The van der Waals surface area contributed by atoms with Crippen LogP contribution in [0.5, 0.6) is 11.5 Å². The van der Waals surface area contributed by atoms with E-state index >= 15 is 0 Å². The minimum Gasteiger partial charge on any atom is -0.504 e. The lowest BCUT2D eigenvalue weighted by Crippen LogP contribution is -2.24. The van der Waals surface area contributed by atoms with Gasteiger partial charge in [-0.25, -0.2) is 4.79 Å². The molecule has 0 aromatic heterocycles. The van der Waals surface area contributed by atoms with Crippen molar-refractivity contribution in [2.24, 2.45) is 0 Å². The minimum atomic E-state index is -0.574. The molecule has 6 nitrogen and oxygen atoms in total. The molecule has 0 radical (unpaired) electrons. The summed E-state index contributed by atoms with van der Waals surface area (Å²) < 4.78 is 10.0. The van der Waals surface area contributed by atoms with E-state index in [2.05, 4.69) is 17.2 Å². The highest BCUT2D eigenvalue weighted by molar-refractivity contribution is 5.82. The molecular weight excluding hydrogens is 322 g/mol. The van der Waals surface area contributed by atoms with Crippen LogP contribution in [0.2, 0.25) is 0 Å². The van der Waals surface area contributed by atoms with Crippen LogP contribution < -0.4 is 10.1 Å². The van der Waals surface area contributed by atoms with Gasteiger partial charge >= 0.3 is 6.09 Å². The molecule has 6 heteroatoms. The second-order valence-corrected chi connectivity index (χ2v) is 4.95. The van der Waals surface area contributed by atoms with Crippen molar-refractivity contribution >= 4 is 12.4 Å². The Kier molecular flexibility index (Phi) is 6.43. The van der Waals surface area contributed by atoms with Crippen LogP contribution in [0.25, 0.3) is 0 Å². The molecule has 0 heterocycles. The molecule has 0 aliphatic carbocycles. The molecule has 2 rings (SSSR count). The predicted molar refractivity (Wildman–Crippen MR) is 91.6 cm³/mol. The number of benzene rings is 2. The number of aromatic hydroxyl groups is 1. The van der Waals surface area contributed by atoms with Crippen LogP contribution in [0.4, 0.5) is 4.79 Å². The zero-order valence-electron chi connectivity index (χ0n) is 13.6. The summed E-state index contributed by atoms with van der Waals surface area (Å²) in [5.74, 6) is 5.44. The highest BCUT2D eigenvalue weighted by Crippen LogP contribution is 2.29. The maximum Gasteiger partial charge on any atom is 0.408 e. The second-order valence-electron chi connectivity index (χ2n) is 4.95. The van der Waals surface area contributed by atoms with E-state index in [4.69, 9.17) is 9.47 Å². The molecule has 0 spiro atoms. The maximum atomic E-state index is 11.6. The number of hydrogen-bond acceptors (Lipinski definition) is 5. The molecule has 0 aliphatic heterocycles. The zero-order chi connectivity index (χ0) is 18.1. The summed E-state index contributed by atoms with van der Waals surface area (Å²) in [5, 5.41) is 12.2. The van der Waals surface area contributed by atoms with Crippen LogP contribution in [0.1, 0.15) is 21.5 Å². The quantitative estimate of drug-likeness (QED) is 0.646. The Bertz CT molecular complexity index is 806. The third kappa shape index (κ3) is 5.29. The summed E-state index contributed by atoms with van der Waals surface area (Å²) in [4.78, 5) is 22.5. The SMILES string of the molecule is COc1cc(C#CCNC(=O)OCc2ccccc2)cc(C=O)c1O. The van der Waals surface area contributed by atoms with Gasteiger partial charge in [0, 0.05) is 5.56 Å². The summed E-state index contributed by atoms with van der Waals surface area (Å²) in [7, 11) is 1.38. The number of hydrogen-bond donors (Lipinski definition) is 2. The maximum absolute atomic E-state index is 11.6. The van der Waals surface area contributed by atoms with Crippen molar-refractivity contribution in [3.8, 4) is 23.3 Å². The number of ether oxygens (including phenoxy) is 2. The number of phenols is 1. The summed E-state index contributed by atoms with van der Waals surface area (Å²) in [5.41, 5.74) is 1.45. The van der Waals surface area contributed by atoms with E-state index in [1.54, 1.807) is 0 Å². The summed E-state index contributed by atoms with van der Waals surface area (Å²) in [6, 6.07) is 12.3. The van der Waals surface area contributed by atoms with Gasteiger partial charge in [0.25, 0.3) is 0 Å². The number of aldehydes is 1. The fraction of sp³-hybridized carbons (Fsp3) is 0.158. The van der Waals surface area contributed by atoms with Crippen LogP contribution in [-0.2, 0) is 11.3 Å². The average molecular weight is 339 g/mol. The largest absolute Gasteiger partial charge is 0.504 e. The Morgan fingerprint density at radius 2 is 2.04 bits per heavy atom. The van der Waals surface area contributed by atoms with Gasteiger partial charge in [-0.05, 0) is 17.7 Å². The van der Waals surface area contributed by atoms with E-state index in [0.29, 0.717) is 11.8 Å². The number of carbonyl (C=O) groups is 2. The monoisotopic (exact) mass is 339 g/mol. The van der Waals surface area contributed by atoms with Crippen LogP contribution in [0.3, 0.4) is 0 Å². The van der Waals surface area contributed by atoms with Crippen LogP contribution in [-0.4, -0.2) is 31.1 Å². The van der Waals surface area contributed by atoms with Crippen LogP contribution >= 0.6 is 0 Å². The van der Waals surface area contributed by atoms with Gasteiger partial charge in [-0.2, -0.15) is 0 Å². The second kappa shape index (κ2) is 8.99. The smallest absolute Gasteiger partial charge is 0.408 e. The number of rotatable bonds is 5. The summed E-state index contributed by atoms with van der Waals surface area (Å²) in [6.07, 6.45) is -0.0580. The molecular formula is C19H17NO5. The average Bonchev–Trinajstić information content (AvgIpc) is 2.65. The molecule has 25 heavy (non-hydrogen) atoms. The first-order chi connectivity index (χ1) is 12.1. The molecule has 0 fully saturated rings. The number of carbonyl (C=O) groups excluding carboxylic acids is 2. The van der Waals surface area contributed by atoms with E-state index in [0.717, 1.165) is 5.56 Å². The number of nitrogens with one attached hydrogen (secondary N) is 1. The highest BCUT2D eigenvalue weighted by Gasteiger charge is 2.08. The summed E-state index contributed by atoms with van der Waals surface area (Å²) >= 11 is 0. The van der Waals surface area contributed by atoms with Crippen molar-refractivity contribution in [1.82, 2.24) is 5.32 Å². The molecule has 0 atom stereocenters. The molecule has 2 N–H and O–H groups in total. The van der Waals surface area contributed by atoms with Gasteiger partial charge in [0.05, 0.1) is 19.2 Å². The number of amides is 1. The van der Waals surface area contributed by atoms with Gasteiger partial charge in [0.2, 0.25) is 0 Å². The van der Waals surface area contributed by atoms with Gasteiger partial charge in [0.15, 0.2) is 17.8 Å². The number of alkyl carbamates (subject to hydrolysis) is 1. The predicted octanol–water partition coefficient (Wildman–Crippen LogP) is 2.49. The molecule has 128 valence electrons. The zero-order valence-corrected chi connectivity index (χ0v) is 13.6. The fourth-order valence-corrected chi connectivity index (χ4v) is 1.98. The Morgan fingerprint density at radius 3 is 2.72 bits per heavy atom. The topological polar surface area (TPSA) is 84.9 Å². The minimum absolute atomic E-state index is 0.0766. The van der Waals surface area contributed by atoms with Crippen LogP contribution in [0.15, 0.2) is 42.5 Å². The molecule has 0 unspecified atom stereocenters. The van der Waals surface area contributed by atoms with Gasteiger partial charge < -0.3 is 19.9 Å². The normalized spacial score (nSPS) is 9.48. The molecule has 0 aliphatic rings. The first-order valence-corrected chi connectivity index (χ1v) is 7.43. The molecule has 0 saturated carbocycles. The van der Waals surface area contributed by atoms with E-state index < -0.39 is 6.09 Å². The Labute approximate surface area is 145 Å². The molecule has 1 amide bonds. The highest BCUT2D eigenvalue weighted by atomic mass is 16.5. The van der Waals surface area contributed by atoms with Crippen molar-refractivity contribution < 1.29 is 24.2 Å². The Hall–Kier alpha value is -3.46. The van der Waals surface area contributed by atoms with Crippen molar-refractivity contribution in [2.45, 2.75) is 6.61 Å². The van der Waals surface area contributed by atoms with Crippen molar-refractivity contribution in [3.05, 3.63) is 59.2 Å². The number of phenolic OH excluding ortho intramolecular Hbond substituents is 1. The Morgan fingerprint density at radius 1 is 1.28 bits per heavy atom. The lowest BCUT2D eigenvalue weighted by atomic mass is 10.1. The van der Waals surface area contributed by atoms with Crippen molar-refractivity contribution in [1.29, 1.82) is 0 Å². The molecule has 2 aromatic carbocycles. The lowest BCUT2D eigenvalue weighted by molar-refractivity contribution is 0.112. The third-order valence-electron chi connectivity index (χ3n) is 3.22. The first-order valence-electron chi connectivity index (χ1n) is 7.43. The van der Waals surface area contributed by atoms with Gasteiger partial charge in [-0.15, -0.1) is 0 Å². The molecule has 2 aromatic rings. The summed E-state index contributed by atoms with van der Waals surface area (Å²) in [6.45, 7) is 0.255. The van der Waals surface area contributed by atoms with E-state index in [-0.39, 0.29) is 30.2 Å². The molecule has 0 saturated heterocycles. The van der Waals surface area contributed by atoms with Gasteiger partial charge in [-0.3, -0.25) is 4.79 Å². The third-order valence-corrected chi connectivity index (χ3v) is 3.22. The van der Waals surface area contributed by atoms with E-state index in [1.165, 1.54) is 19.2 Å².